The van der Waals surface area contributed by atoms with Crippen LogP contribution in [-0.4, -0.2) is 9.55 Å². The molecule has 3 nitrogen and oxygen atoms in total. The van der Waals surface area contributed by atoms with Crippen molar-refractivity contribution in [2.45, 2.75) is 40.2 Å². The average Bonchev–Trinajstić information content (AvgIpc) is 2.55. The second-order valence-corrected chi connectivity index (χ2v) is 5.00. The third kappa shape index (κ3) is 2.02. The Hall–Kier alpha value is -1.51. The van der Waals surface area contributed by atoms with Gasteiger partial charge in [-0.2, -0.15) is 0 Å². The first-order valence-electron chi connectivity index (χ1n) is 6.28. The molecule has 92 valence electrons. The molecular weight excluding hydrogens is 210 g/mol. The summed E-state index contributed by atoms with van der Waals surface area (Å²) in [6.07, 6.45) is 1.12. The molecule has 1 aromatic carbocycles. The number of nitrogens with two attached hydrogens (primary N) is 1. The van der Waals surface area contributed by atoms with Crippen LogP contribution in [0.2, 0.25) is 0 Å². The lowest BCUT2D eigenvalue weighted by Crippen LogP contribution is -2.15. The topological polar surface area (TPSA) is 43.8 Å². The van der Waals surface area contributed by atoms with Gasteiger partial charge in [-0.25, -0.2) is 4.98 Å². The van der Waals surface area contributed by atoms with Gasteiger partial charge >= 0.3 is 0 Å². The number of nitrogen functional groups attached to an aromatic ring is 1. The molecule has 1 atom stereocenters. The van der Waals surface area contributed by atoms with Gasteiger partial charge in [0.1, 0.15) is 5.82 Å². The summed E-state index contributed by atoms with van der Waals surface area (Å²) in [6, 6.07) is 6.48. The molecule has 1 heterocycles. The van der Waals surface area contributed by atoms with E-state index in [0.717, 1.165) is 23.4 Å². The minimum Gasteiger partial charge on any atom is -0.399 e. The molecule has 0 bridgehead atoms. The van der Waals surface area contributed by atoms with Crippen LogP contribution in [0.3, 0.4) is 0 Å². The van der Waals surface area contributed by atoms with E-state index in [2.05, 4.69) is 43.3 Å². The second kappa shape index (κ2) is 4.40. The lowest BCUT2D eigenvalue weighted by Gasteiger charge is -2.23. The summed E-state index contributed by atoms with van der Waals surface area (Å²) in [5.41, 5.74) is 8.77. The Balaban J connectivity index is 2.63. The van der Waals surface area contributed by atoms with E-state index >= 15 is 0 Å². The lowest BCUT2D eigenvalue weighted by molar-refractivity contribution is 0.368. The molecule has 0 radical (unpaired) electrons. The molecule has 0 amide bonds. The number of aryl methyl sites for hydroxylation is 1. The number of fused-ring (bicyclic) bond motifs is 1. The van der Waals surface area contributed by atoms with Gasteiger partial charge in [0.25, 0.3) is 0 Å². The van der Waals surface area contributed by atoms with Crippen molar-refractivity contribution in [2.24, 2.45) is 5.92 Å². The summed E-state index contributed by atoms with van der Waals surface area (Å²) < 4.78 is 2.35. The van der Waals surface area contributed by atoms with E-state index in [1.165, 1.54) is 5.52 Å². The minimum atomic E-state index is 0.503. The van der Waals surface area contributed by atoms with Gasteiger partial charge in [-0.1, -0.05) is 20.8 Å². The number of nitrogens with zero attached hydrogens (tertiary/aromatic N) is 2. The summed E-state index contributed by atoms with van der Waals surface area (Å²) >= 11 is 0. The van der Waals surface area contributed by atoms with E-state index in [4.69, 9.17) is 5.73 Å². The summed E-state index contributed by atoms with van der Waals surface area (Å²) in [6.45, 7) is 8.82. The highest BCUT2D eigenvalue weighted by Crippen LogP contribution is 2.28. The lowest BCUT2D eigenvalue weighted by atomic mass is 10.0. The van der Waals surface area contributed by atoms with Crippen molar-refractivity contribution in [3.8, 4) is 0 Å². The monoisotopic (exact) mass is 231 g/mol. The maximum absolute atomic E-state index is 5.80. The maximum Gasteiger partial charge on any atom is 0.106 e. The van der Waals surface area contributed by atoms with Crippen LogP contribution in [0.15, 0.2) is 18.2 Å². The zero-order chi connectivity index (χ0) is 12.6. The largest absolute Gasteiger partial charge is 0.399 e. The van der Waals surface area contributed by atoms with Crippen LogP contribution in [0.1, 0.15) is 39.1 Å². The summed E-state index contributed by atoms with van der Waals surface area (Å²) in [5, 5.41) is 0. The Labute approximate surface area is 103 Å². The van der Waals surface area contributed by atoms with E-state index in [0.29, 0.717) is 12.0 Å². The van der Waals surface area contributed by atoms with Gasteiger partial charge in [-0.15, -0.1) is 0 Å². The van der Waals surface area contributed by atoms with Crippen molar-refractivity contribution in [3.63, 3.8) is 0 Å². The number of hydrogen-bond donors (Lipinski definition) is 1. The summed E-state index contributed by atoms with van der Waals surface area (Å²) in [7, 11) is 0. The molecule has 0 aliphatic heterocycles. The van der Waals surface area contributed by atoms with Crippen LogP contribution in [0.5, 0.6) is 0 Å². The zero-order valence-electron chi connectivity index (χ0n) is 11.1. The fraction of sp³-hybridized carbons (Fsp3) is 0.500. The Morgan fingerprint density at radius 3 is 2.65 bits per heavy atom. The first-order valence-corrected chi connectivity index (χ1v) is 6.28. The minimum absolute atomic E-state index is 0.503. The molecule has 2 rings (SSSR count). The zero-order valence-corrected chi connectivity index (χ0v) is 11.1. The van der Waals surface area contributed by atoms with Gasteiger partial charge < -0.3 is 10.3 Å². The van der Waals surface area contributed by atoms with Gasteiger partial charge in [0.15, 0.2) is 0 Å². The van der Waals surface area contributed by atoms with Crippen molar-refractivity contribution in [3.05, 3.63) is 24.0 Å². The average molecular weight is 231 g/mol. The van der Waals surface area contributed by atoms with Crippen molar-refractivity contribution in [2.75, 3.05) is 5.73 Å². The molecular formula is C14H21N3. The first kappa shape index (κ1) is 12.0. The first-order chi connectivity index (χ1) is 8.04. The molecule has 1 unspecified atom stereocenters. The number of rotatable bonds is 3. The molecule has 0 aliphatic rings. The smallest absolute Gasteiger partial charge is 0.106 e. The van der Waals surface area contributed by atoms with Crippen LogP contribution in [0.25, 0.3) is 11.0 Å². The van der Waals surface area contributed by atoms with Crippen LogP contribution >= 0.6 is 0 Å². The Bertz CT molecular complexity index is 525. The molecule has 0 fully saturated rings. The Morgan fingerprint density at radius 1 is 1.35 bits per heavy atom. The predicted octanol–water partition coefficient (Wildman–Crippen LogP) is 3.53. The second-order valence-electron chi connectivity index (χ2n) is 5.00. The number of anilines is 1. The van der Waals surface area contributed by atoms with Crippen molar-refractivity contribution in [1.29, 1.82) is 0 Å². The molecule has 17 heavy (non-hydrogen) atoms. The molecule has 0 spiro atoms. The van der Waals surface area contributed by atoms with Gasteiger partial charge in [-0.3, -0.25) is 0 Å². The fourth-order valence-corrected chi connectivity index (χ4v) is 2.61. The standard InChI is InChI=1S/C14H21N3/c1-5-13(9(2)3)17-10(4)16-12-8-11(15)6-7-14(12)17/h6-9,13H,5,15H2,1-4H3. The van der Waals surface area contributed by atoms with Crippen LogP contribution in [-0.2, 0) is 0 Å². The van der Waals surface area contributed by atoms with Gasteiger partial charge in [0.05, 0.1) is 11.0 Å². The highest BCUT2D eigenvalue weighted by molar-refractivity contribution is 5.79. The van der Waals surface area contributed by atoms with Crippen LogP contribution in [0.4, 0.5) is 5.69 Å². The number of hydrogen-bond acceptors (Lipinski definition) is 2. The maximum atomic E-state index is 5.80. The molecule has 2 N–H and O–H groups in total. The van der Waals surface area contributed by atoms with Crippen LogP contribution in [0, 0.1) is 12.8 Å². The van der Waals surface area contributed by atoms with E-state index in [1.54, 1.807) is 0 Å². The molecule has 0 saturated carbocycles. The van der Waals surface area contributed by atoms with Gasteiger partial charge in [0, 0.05) is 11.7 Å². The molecule has 0 saturated heterocycles. The van der Waals surface area contributed by atoms with Gasteiger partial charge in [0.2, 0.25) is 0 Å². The van der Waals surface area contributed by atoms with Crippen molar-refractivity contribution >= 4 is 16.7 Å². The Morgan fingerprint density at radius 2 is 2.06 bits per heavy atom. The third-order valence-electron chi connectivity index (χ3n) is 3.41. The number of aromatic nitrogens is 2. The highest BCUT2D eigenvalue weighted by atomic mass is 15.1. The fourth-order valence-electron chi connectivity index (χ4n) is 2.61. The number of imidazole rings is 1. The summed E-state index contributed by atoms with van der Waals surface area (Å²) in [5.74, 6) is 1.68. The van der Waals surface area contributed by atoms with E-state index in [1.807, 2.05) is 12.1 Å². The molecule has 3 heteroatoms. The third-order valence-corrected chi connectivity index (χ3v) is 3.41. The SMILES string of the molecule is CCC(C(C)C)n1c(C)nc2cc(N)ccc21. The summed E-state index contributed by atoms with van der Waals surface area (Å²) in [4.78, 5) is 4.61. The Kier molecular flexibility index (Phi) is 3.09. The van der Waals surface area contributed by atoms with E-state index in [9.17, 15) is 0 Å². The van der Waals surface area contributed by atoms with E-state index in [-0.39, 0.29) is 0 Å². The van der Waals surface area contributed by atoms with E-state index < -0.39 is 0 Å². The molecule has 0 aliphatic carbocycles. The van der Waals surface area contributed by atoms with Crippen LogP contribution < -0.4 is 5.73 Å². The quantitative estimate of drug-likeness (QED) is 0.821. The molecule has 2 aromatic rings. The number of benzene rings is 1. The van der Waals surface area contributed by atoms with Crippen molar-refractivity contribution in [1.82, 2.24) is 9.55 Å². The predicted molar refractivity (Wildman–Crippen MR) is 73.0 cm³/mol. The molecule has 1 aromatic heterocycles. The normalized spacial score (nSPS) is 13.5. The van der Waals surface area contributed by atoms with Gasteiger partial charge in [-0.05, 0) is 37.5 Å². The van der Waals surface area contributed by atoms with Crippen molar-refractivity contribution < 1.29 is 0 Å². The highest BCUT2D eigenvalue weighted by Gasteiger charge is 2.18.